The molecular weight excluding hydrogens is 378 g/mol. The van der Waals surface area contributed by atoms with E-state index in [-0.39, 0.29) is 29.6 Å². The van der Waals surface area contributed by atoms with Crippen molar-refractivity contribution in [3.63, 3.8) is 0 Å². The highest BCUT2D eigenvalue weighted by molar-refractivity contribution is 7.89. The number of H-pyrrole nitrogens is 1. The number of nitrogens with zero attached hydrogens (tertiary/aromatic N) is 1. The monoisotopic (exact) mass is 397 g/mol. The molecule has 1 amide bonds. The van der Waals surface area contributed by atoms with Crippen molar-refractivity contribution < 1.29 is 17.9 Å². The summed E-state index contributed by atoms with van der Waals surface area (Å²) in [5.41, 5.74) is 0.282. The summed E-state index contributed by atoms with van der Waals surface area (Å²) in [6.07, 6.45) is 3.28. The Balaban J connectivity index is 1.53. The number of carbonyl (C=O) groups excluding carboxylic acids is 1. The van der Waals surface area contributed by atoms with Gasteiger partial charge in [-0.15, -0.1) is 0 Å². The summed E-state index contributed by atoms with van der Waals surface area (Å²) in [5.74, 6) is 0.434. The molecular formula is C17H20ClN3O4S. The van der Waals surface area contributed by atoms with Gasteiger partial charge in [0.2, 0.25) is 10.0 Å². The largest absolute Gasteiger partial charge is 0.492 e. The van der Waals surface area contributed by atoms with Crippen molar-refractivity contribution in [2.75, 3.05) is 26.2 Å². The number of aromatic amines is 1. The summed E-state index contributed by atoms with van der Waals surface area (Å²) < 4.78 is 32.5. The Morgan fingerprint density at radius 3 is 2.62 bits per heavy atom. The minimum absolute atomic E-state index is 0.0338. The zero-order valence-electron chi connectivity index (χ0n) is 14.1. The molecule has 1 aromatic heterocycles. The normalized spacial score (nSPS) is 14.6. The third-order valence-corrected chi connectivity index (χ3v) is 5.76. The van der Waals surface area contributed by atoms with Gasteiger partial charge < -0.3 is 14.6 Å². The van der Waals surface area contributed by atoms with Crippen molar-refractivity contribution in [3.8, 4) is 5.75 Å². The summed E-state index contributed by atoms with van der Waals surface area (Å²) in [6, 6.07) is 8.17. The molecule has 0 unspecified atom stereocenters. The number of ether oxygens (including phenoxy) is 1. The van der Waals surface area contributed by atoms with Crippen LogP contribution >= 0.6 is 11.6 Å². The number of benzene rings is 1. The van der Waals surface area contributed by atoms with Gasteiger partial charge in [0.05, 0.1) is 0 Å². The fourth-order valence-corrected chi connectivity index (χ4v) is 3.83. The number of likely N-dealkylation sites (tertiary alicyclic amines) is 1. The highest BCUT2D eigenvalue weighted by atomic mass is 35.5. The second kappa shape index (κ2) is 8.11. The molecule has 0 spiro atoms. The number of nitrogens with one attached hydrogen (secondary N) is 2. The topological polar surface area (TPSA) is 91.5 Å². The van der Waals surface area contributed by atoms with E-state index in [0.29, 0.717) is 23.9 Å². The predicted molar refractivity (Wildman–Crippen MR) is 98.1 cm³/mol. The standard InChI is InChI=1S/C17H20ClN3O4S/c18-13-3-5-14(6-4-13)25-10-7-20-26(23,24)15-11-16(19-12-15)17(22)21-8-1-2-9-21/h3-6,11-12,19-20H,1-2,7-10H2. The van der Waals surface area contributed by atoms with Gasteiger partial charge in [0.15, 0.2) is 0 Å². The van der Waals surface area contributed by atoms with E-state index >= 15 is 0 Å². The molecule has 1 aliphatic heterocycles. The molecule has 2 N–H and O–H groups in total. The molecule has 0 radical (unpaired) electrons. The minimum atomic E-state index is -3.71. The Kier molecular flexibility index (Phi) is 5.85. The lowest BCUT2D eigenvalue weighted by Crippen LogP contribution is -2.28. The van der Waals surface area contributed by atoms with Gasteiger partial charge in [0.25, 0.3) is 5.91 Å². The first-order chi connectivity index (χ1) is 12.5. The van der Waals surface area contributed by atoms with Crippen LogP contribution in [0.2, 0.25) is 5.02 Å². The van der Waals surface area contributed by atoms with Gasteiger partial charge in [-0.05, 0) is 43.2 Å². The van der Waals surface area contributed by atoms with Crippen molar-refractivity contribution in [2.24, 2.45) is 0 Å². The first kappa shape index (κ1) is 18.8. The highest BCUT2D eigenvalue weighted by Crippen LogP contribution is 2.17. The Bertz CT molecular complexity index is 858. The number of hydrogen-bond donors (Lipinski definition) is 2. The predicted octanol–water partition coefficient (Wildman–Crippen LogP) is 2.26. The molecule has 7 nitrogen and oxygen atoms in total. The Morgan fingerprint density at radius 2 is 1.92 bits per heavy atom. The van der Waals surface area contributed by atoms with Crippen molar-refractivity contribution in [1.82, 2.24) is 14.6 Å². The molecule has 26 heavy (non-hydrogen) atoms. The van der Waals surface area contributed by atoms with Gasteiger partial charge in [-0.3, -0.25) is 4.79 Å². The second-order valence-corrected chi connectivity index (χ2v) is 8.15. The van der Waals surface area contributed by atoms with Gasteiger partial charge >= 0.3 is 0 Å². The lowest BCUT2D eigenvalue weighted by atomic mass is 10.3. The summed E-state index contributed by atoms with van der Waals surface area (Å²) in [4.78, 5) is 16.8. The third-order valence-electron chi connectivity index (χ3n) is 4.07. The fraction of sp³-hybridized carbons (Fsp3) is 0.353. The smallest absolute Gasteiger partial charge is 0.270 e. The zero-order chi connectivity index (χ0) is 18.6. The summed E-state index contributed by atoms with van der Waals surface area (Å²) in [5, 5.41) is 0.602. The van der Waals surface area contributed by atoms with Crippen LogP contribution in [-0.4, -0.2) is 50.5 Å². The first-order valence-corrected chi connectivity index (χ1v) is 10.2. The first-order valence-electron chi connectivity index (χ1n) is 8.31. The number of aromatic nitrogens is 1. The molecule has 0 atom stereocenters. The van der Waals surface area contributed by atoms with Crippen LogP contribution in [0.25, 0.3) is 0 Å². The molecule has 2 heterocycles. The van der Waals surface area contributed by atoms with Crippen LogP contribution in [0.15, 0.2) is 41.4 Å². The van der Waals surface area contributed by atoms with Gasteiger partial charge in [-0.1, -0.05) is 11.6 Å². The maximum atomic E-state index is 12.3. The van der Waals surface area contributed by atoms with E-state index in [1.807, 2.05) is 0 Å². The molecule has 0 saturated carbocycles. The van der Waals surface area contributed by atoms with Gasteiger partial charge in [0, 0.05) is 30.9 Å². The van der Waals surface area contributed by atoms with Gasteiger partial charge in [0.1, 0.15) is 22.9 Å². The van der Waals surface area contributed by atoms with Crippen molar-refractivity contribution >= 4 is 27.5 Å². The van der Waals surface area contributed by atoms with Crippen LogP contribution in [0.5, 0.6) is 5.75 Å². The molecule has 1 aromatic carbocycles. The summed E-state index contributed by atoms with van der Waals surface area (Å²) >= 11 is 5.79. The average Bonchev–Trinajstić information content (AvgIpc) is 3.31. The second-order valence-electron chi connectivity index (χ2n) is 5.95. The van der Waals surface area contributed by atoms with Crippen molar-refractivity contribution in [1.29, 1.82) is 0 Å². The summed E-state index contributed by atoms with van der Waals surface area (Å²) in [6.45, 7) is 1.69. The van der Waals surface area contributed by atoms with Crippen LogP contribution in [0.3, 0.4) is 0 Å². The highest BCUT2D eigenvalue weighted by Gasteiger charge is 2.23. The number of carbonyl (C=O) groups is 1. The van der Waals surface area contributed by atoms with E-state index in [0.717, 1.165) is 12.8 Å². The lowest BCUT2D eigenvalue weighted by molar-refractivity contribution is 0.0787. The van der Waals surface area contributed by atoms with Crippen LogP contribution in [0.1, 0.15) is 23.3 Å². The van der Waals surface area contributed by atoms with Crippen LogP contribution in [-0.2, 0) is 10.0 Å². The zero-order valence-corrected chi connectivity index (χ0v) is 15.6. The number of sulfonamides is 1. The van der Waals surface area contributed by atoms with E-state index in [1.54, 1.807) is 29.2 Å². The third kappa shape index (κ3) is 4.57. The molecule has 9 heteroatoms. The van der Waals surface area contributed by atoms with E-state index in [4.69, 9.17) is 16.3 Å². The summed E-state index contributed by atoms with van der Waals surface area (Å²) in [7, 11) is -3.71. The van der Waals surface area contributed by atoms with E-state index < -0.39 is 10.0 Å². The molecule has 0 aliphatic carbocycles. The maximum Gasteiger partial charge on any atom is 0.270 e. The van der Waals surface area contributed by atoms with Crippen LogP contribution < -0.4 is 9.46 Å². The molecule has 140 valence electrons. The Hall–Kier alpha value is -2.03. The van der Waals surface area contributed by atoms with Crippen molar-refractivity contribution in [3.05, 3.63) is 47.2 Å². The number of rotatable bonds is 7. The molecule has 3 rings (SSSR count). The number of hydrogen-bond acceptors (Lipinski definition) is 4. The Labute approximate surface area is 157 Å². The SMILES string of the molecule is O=C(c1cc(S(=O)(=O)NCCOc2ccc(Cl)cc2)c[nH]1)N1CCCC1. The quantitative estimate of drug-likeness (QED) is 0.701. The molecule has 1 aliphatic rings. The van der Waals surface area contributed by atoms with Crippen molar-refractivity contribution in [2.45, 2.75) is 17.7 Å². The fourth-order valence-electron chi connectivity index (χ4n) is 2.70. The van der Waals surface area contributed by atoms with Crippen LogP contribution in [0.4, 0.5) is 0 Å². The lowest BCUT2D eigenvalue weighted by Gasteiger charge is -2.13. The molecule has 0 bridgehead atoms. The van der Waals surface area contributed by atoms with E-state index in [2.05, 4.69) is 9.71 Å². The average molecular weight is 398 g/mol. The number of amides is 1. The van der Waals surface area contributed by atoms with E-state index in [9.17, 15) is 13.2 Å². The maximum absolute atomic E-state index is 12.3. The molecule has 2 aromatic rings. The molecule has 1 fully saturated rings. The van der Waals surface area contributed by atoms with E-state index in [1.165, 1.54) is 12.3 Å². The van der Waals surface area contributed by atoms with Gasteiger partial charge in [-0.2, -0.15) is 0 Å². The molecule has 1 saturated heterocycles. The van der Waals surface area contributed by atoms with Gasteiger partial charge in [-0.25, -0.2) is 13.1 Å². The van der Waals surface area contributed by atoms with Crippen LogP contribution in [0, 0.1) is 0 Å². The minimum Gasteiger partial charge on any atom is -0.492 e. The number of halogens is 1. The Morgan fingerprint density at radius 1 is 1.23 bits per heavy atom.